The van der Waals surface area contributed by atoms with Gasteiger partial charge >= 0.3 is 5.97 Å². The molecule has 0 N–H and O–H groups in total. The quantitative estimate of drug-likeness (QED) is 0.260. The monoisotopic (exact) mass is 549 g/mol. The van der Waals surface area contributed by atoms with E-state index < -0.39 is 0 Å². The lowest BCUT2D eigenvalue weighted by Gasteiger charge is -2.42. The van der Waals surface area contributed by atoms with Gasteiger partial charge in [-0.25, -0.2) is 4.79 Å². The number of benzene rings is 3. The molecular weight excluding hydrogens is 510 g/mol. The van der Waals surface area contributed by atoms with E-state index in [0.29, 0.717) is 30.1 Å². The van der Waals surface area contributed by atoms with Crippen LogP contribution in [-0.2, 0) is 17.6 Å². The van der Waals surface area contributed by atoms with Crippen molar-refractivity contribution in [3.63, 3.8) is 0 Å². The highest BCUT2D eigenvalue weighted by Crippen LogP contribution is 2.42. The van der Waals surface area contributed by atoms with Crippen molar-refractivity contribution in [2.45, 2.75) is 45.4 Å². The van der Waals surface area contributed by atoms with Gasteiger partial charge in [-0.2, -0.15) is 0 Å². The molecule has 3 aromatic rings. The summed E-state index contributed by atoms with van der Waals surface area (Å²) in [6, 6.07) is 17.2. The fourth-order valence-corrected chi connectivity index (χ4v) is 5.27. The van der Waals surface area contributed by atoms with Crippen LogP contribution >= 0.6 is 0 Å². The van der Waals surface area contributed by atoms with Crippen molar-refractivity contribution < 1.29 is 33.2 Å². The van der Waals surface area contributed by atoms with Crippen molar-refractivity contribution in [2.24, 2.45) is 0 Å². The number of fused-ring (bicyclic) bond motifs is 1. The van der Waals surface area contributed by atoms with Crippen molar-refractivity contribution in [3.05, 3.63) is 76.9 Å². The van der Waals surface area contributed by atoms with Crippen LogP contribution in [0.2, 0.25) is 0 Å². The van der Waals surface area contributed by atoms with Gasteiger partial charge < -0.3 is 28.4 Å². The number of methoxy groups -OCH3 is 4. The molecule has 2 atom stereocenters. The molecule has 40 heavy (non-hydrogen) atoms. The highest BCUT2D eigenvalue weighted by atomic mass is 16.5. The van der Waals surface area contributed by atoms with Gasteiger partial charge in [0.1, 0.15) is 17.2 Å². The van der Waals surface area contributed by atoms with Gasteiger partial charge in [0.2, 0.25) is 0 Å². The zero-order valence-corrected chi connectivity index (χ0v) is 24.2. The molecular formula is C32H39NO7. The molecule has 0 fully saturated rings. The first-order valence-electron chi connectivity index (χ1n) is 13.6. The van der Waals surface area contributed by atoms with E-state index in [1.54, 1.807) is 47.5 Å². The predicted octanol–water partition coefficient (Wildman–Crippen LogP) is 5.85. The Morgan fingerprint density at radius 1 is 0.850 bits per heavy atom. The third-order valence-electron chi connectivity index (χ3n) is 7.31. The Morgan fingerprint density at radius 3 is 2.15 bits per heavy atom. The fourth-order valence-electron chi connectivity index (χ4n) is 5.27. The molecule has 0 aromatic heterocycles. The van der Waals surface area contributed by atoms with E-state index in [1.165, 1.54) is 11.1 Å². The van der Waals surface area contributed by atoms with Crippen molar-refractivity contribution in [3.8, 4) is 28.7 Å². The smallest absolute Gasteiger partial charge is 0.338 e. The molecule has 4 rings (SSSR count). The Hall–Kier alpha value is -3.91. The Labute approximate surface area is 236 Å². The molecule has 0 saturated heterocycles. The third-order valence-corrected chi connectivity index (χ3v) is 7.31. The summed E-state index contributed by atoms with van der Waals surface area (Å²) in [5.41, 5.74) is 3.95. The lowest BCUT2D eigenvalue weighted by atomic mass is 9.87. The third kappa shape index (κ3) is 6.28. The second kappa shape index (κ2) is 13.4. The Kier molecular flexibility index (Phi) is 9.77. The average Bonchev–Trinajstić information content (AvgIpc) is 2.99. The van der Waals surface area contributed by atoms with Crippen LogP contribution < -0.4 is 23.7 Å². The van der Waals surface area contributed by atoms with E-state index in [4.69, 9.17) is 28.4 Å². The largest absolute Gasteiger partial charge is 0.497 e. The van der Waals surface area contributed by atoms with Crippen molar-refractivity contribution in [1.29, 1.82) is 0 Å². The van der Waals surface area contributed by atoms with E-state index in [2.05, 4.69) is 30.0 Å². The van der Waals surface area contributed by atoms with Crippen LogP contribution in [0, 0.1) is 0 Å². The van der Waals surface area contributed by atoms with Crippen LogP contribution in [0.25, 0.3) is 0 Å². The first-order valence-corrected chi connectivity index (χ1v) is 13.6. The van der Waals surface area contributed by atoms with E-state index in [0.717, 1.165) is 42.2 Å². The summed E-state index contributed by atoms with van der Waals surface area (Å²) >= 11 is 0. The van der Waals surface area contributed by atoms with Crippen molar-refractivity contribution in [2.75, 3.05) is 41.6 Å². The molecule has 0 radical (unpaired) electrons. The van der Waals surface area contributed by atoms with Gasteiger partial charge in [-0.15, -0.1) is 0 Å². The predicted molar refractivity (Wildman–Crippen MR) is 153 cm³/mol. The summed E-state index contributed by atoms with van der Waals surface area (Å²) in [6.45, 7) is 5.04. The summed E-state index contributed by atoms with van der Waals surface area (Å²) in [4.78, 5) is 14.5. The fraction of sp³-hybridized carbons (Fsp3) is 0.406. The standard InChI is InChI=1S/C32H39NO7/c1-7-31(40-24-12-9-21(10-13-24)32(34)39-8-2)33-16-15-22-18-29(37-5)30(38-6)20-26(22)27(33)17-23-11-14-25(35-3)19-28(23)36-4/h9-14,18-20,27,31H,7-8,15-17H2,1-6H3. The summed E-state index contributed by atoms with van der Waals surface area (Å²) < 4.78 is 34.1. The number of esters is 1. The minimum atomic E-state index is -0.341. The van der Waals surface area contributed by atoms with E-state index in [-0.39, 0.29) is 18.2 Å². The molecule has 3 aromatic carbocycles. The topological polar surface area (TPSA) is 75.7 Å². The summed E-state index contributed by atoms with van der Waals surface area (Å²) in [5.74, 6) is 3.29. The number of nitrogens with zero attached hydrogens (tertiary/aromatic N) is 1. The maximum Gasteiger partial charge on any atom is 0.338 e. The van der Waals surface area contributed by atoms with Crippen LogP contribution in [-0.4, -0.2) is 58.7 Å². The zero-order valence-electron chi connectivity index (χ0n) is 24.2. The number of hydrogen-bond acceptors (Lipinski definition) is 8. The molecule has 0 aliphatic carbocycles. The van der Waals surface area contributed by atoms with E-state index >= 15 is 0 Å². The number of ether oxygens (including phenoxy) is 6. The summed E-state index contributed by atoms with van der Waals surface area (Å²) in [6.07, 6.45) is 2.09. The number of rotatable bonds is 12. The van der Waals surface area contributed by atoms with Crippen LogP contribution in [0.15, 0.2) is 54.6 Å². The number of carbonyl (C=O) groups excluding carboxylic acids is 1. The van der Waals surface area contributed by atoms with Crippen molar-refractivity contribution >= 4 is 5.97 Å². The van der Waals surface area contributed by atoms with Gasteiger partial charge in [-0.05, 0) is 85.3 Å². The lowest BCUT2D eigenvalue weighted by molar-refractivity contribution is -0.0144. The van der Waals surface area contributed by atoms with Gasteiger partial charge in [-0.1, -0.05) is 13.0 Å². The molecule has 1 heterocycles. The number of hydrogen-bond donors (Lipinski definition) is 0. The van der Waals surface area contributed by atoms with Gasteiger partial charge in [0.25, 0.3) is 0 Å². The van der Waals surface area contributed by atoms with Crippen molar-refractivity contribution in [1.82, 2.24) is 4.90 Å². The molecule has 0 saturated carbocycles. The maximum atomic E-state index is 12.1. The van der Waals surface area contributed by atoms with E-state index in [1.807, 2.05) is 24.3 Å². The Bertz CT molecular complexity index is 1290. The number of carbonyl (C=O) groups is 1. The normalized spacial score (nSPS) is 15.5. The minimum absolute atomic E-state index is 0.0189. The lowest BCUT2D eigenvalue weighted by Crippen LogP contribution is -2.46. The second-order valence-corrected chi connectivity index (χ2v) is 9.52. The van der Waals surface area contributed by atoms with Gasteiger partial charge in [0, 0.05) is 18.7 Å². The van der Waals surface area contributed by atoms with Crippen LogP contribution in [0.4, 0.5) is 0 Å². The summed E-state index contributed by atoms with van der Waals surface area (Å²) in [5, 5.41) is 0. The molecule has 8 heteroatoms. The minimum Gasteiger partial charge on any atom is -0.497 e. The zero-order chi connectivity index (χ0) is 28.6. The van der Waals surface area contributed by atoms with Crippen LogP contribution in [0.1, 0.15) is 53.4 Å². The molecule has 1 aliphatic heterocycles. The maximum absolute atomic E-state index is 12.1. The van der Waals surface area contributed by atoms with Crippen LogP contribution in [0.3, 0.4) is 0 Å². The second-order valence-electron chi connectivity index (χ2n) is 9.52. The molecule has 0 spiro atoms. The molecule has 8 nitrogen and oxygen atoms in total. The van der Waals surface area contributed by atoms with Gasteiger partial charge in [0.05, 0.1) is 40.6 Å². The Balaban J connectivity index is 1.70. The molecule has 0 amide bonds. The molecule has 2 unspecified atom stereocenters. The first-order chi connectivity index (χ1) is 19.5. The van der Waals surface area contributed by atoms with E-state index in [9.17, 15) is 4.79 Å². The molecule has 0 bridgehead atoms. The highest BCUT2D eigenvalue weighted by Gasteiger charge is 2.34. The SMILES string of the molecule is CCOC(=O)c1ccc(OC(CC)N2CCc3cc(OC)c(OC)cc3C2Cc2ccc(OC)cc2OC)cc1. The molecule has 1 aliphatic rings. The molecule has 214 valence electrons. The van der Waals surface area contributed by atoms with Crippen LogP contribution in [0.5, 0.6) is 28.7 Å². The Morgan fingerprint density at radius 2 is 1.52 bits per heavy atom. The van der Waals surface area contributed by atoms with Gasteiger partial charge in [0.15, 0.2) is 17.7 Å². The average molecular weight is 550 g/mol. The first kappa shape index (κ1) is 29.1. The summed E-state index contributed by atoms with van der Waals surface area (Å²) in [7, 11) is 6.64. The van der Waals surface area contributed by atoms with Gasteiger partial charge in [-0.3, -0.25) is 4.90 Å². The highest BCUT2D eigenvalue weighted by molar-refractivity contribution is 5.89.